The summed E-state index contributed by atoms with van der Waals surface area (Å²) in [5.41, 5.74) is 4.44. The van der Waals surface area contributed by atoms with E-state index in [1.165, 1.54) is 4.57 Å². The van der Waals surface area contributed by atoms with Gasteiger partial charge in [0.25, 0.3) is 11.5 Å². The molecule has 0 atom stereocenters. The van der Waals surface area contributed by atoms with Gasteiger partial charge in [0.1, 0.15) is 5.69 Å². The van der Waals surface area contributed by atoms with Crippen LogP contribution in [0, 0.1) is 0 Å². The highest BCUT2D eigenvalue weighted by Gasteiger charge is 2.26. The number of amides is 1. The first kappa shape index (κ1) is 23.0. The zero-order valence-corrected chi connectivity index (χ0v) is 21.3. The summed E-state index contributed by atoms with van der Waals surface area (Å²) < 4.78 is 2.42. The fourth-order valence-electron chi connectivity index (χ4n) is 4.79. The van der Waals surface area contributed by atoms with Gasteiger partial charge in [-0.1, -0.05) is 94.8 Å². The first-order chi connectivity index (χ1) is 18.1. The quantitative estimate of drug-likeness (QED) is 0.248. The van der Waals surface area contributed by atoms with Crippen LogP contribution < -0.4 is 10.9 Å². The molecule has 2 N–H and O–H groups in total. The molecule has 0 aliphatic heterocycles. The molecule has 0 radical (unpaired) electrons. The Kier molecular flexibility index (Phi) is 5.94. The number of halogens is 1. The van der Waals surface area contributed by atoms with E-state index in [4.69, 9.17) is 0 Å². The Morgan fingerprint density at radius 1 is 0.811 bits per heavy atom. The van der Waals surface area contributed by atoms with Gasteiger partial charge in [-0.15, -0.1) is 0 Å². The summed E-state index contributed by atoms with van der Waals surface area (Å²) in [5, 5.41) is 4.64. The molecule has 2 heterocycles. The average Bonchev–Trinajstić information content (AvgIpc) is 3.31. The van der Waals surface area contributed by atoms with E-state index in [0.29, 0.717) is 34.4 Å². The number of aromatic nitrogens is 2. The summed E-state index contributed by atoms with van der Waals surface area (Å²) in [6, 6.07) is 34.6. The SMILES string of the molecule is O=C(NCc1ccccc1)c1c2c([nH]c3ccccc32)c(-c2ccccc2)c(=O)n1-c1ccc(Br)cc1. The van der Waals surface area contributed by atoms with Crippen LogP contribution in [0.5, 0.6) is 0 Å². The molecule has 180 valence electrons. The van der Waals surface area contributed by atoms with Crippen LogP contribution in [-0.2, 0) is 6.54 Å². The molecule has 0 unspecified atom stereocenters. The summed E-state index contributed by atoms with van der Waals surface area (Å²) in [5.74, 6) is -0.321. The van der Waals surface area contributed by atoms with Crippen LogP contribution in [0.1, 0.15) is 16.1 Å². The van der Waals surface area contributed by atoms with Crippen molar-refractivity contribution < 1.29 is 4.79 Å². The lowest BCUT2D eigenvalue weighted by Crippen LogP contribution is -2.32. The van der Waals surface area contributed by atoms with Crippen molar-refractivity contribution in [3.63, 3.8) is 0 Å². The molecular weight excluding hydrogens is 526 g/mol. The molecule has 2 aromatic heterocycles. The van der Waals surface area contributed by atoms with Crippen molar-refractivity contribution in [2.45, 2.75) is 6.54 Å². The monoisotopic (exact) mass is 547 g/mol. The van der Waals surface area contributed by atoms with Crippen LogP contribution in [0.15, 0.2) is 118 Å². The maximum Gasteiger partial charge on any atom is 0.269 e. The van der Waals surface area contributed by atoms with Crippen LogP contribution >= 0.6 is 15.9 Å². The maximum absolute atomic E-state index is 14.3. The molecule has 4 aromatic carbocycles. The molecule has 0 bridgehead atoms. The minimum Gasteiger partial charge on any atom is -0.354 e. The van der Waals surface area contributed by atoms with Gasteiger partial charge >= 0.3 is 0 Å². The zero-order valence-electron chi connectivity index (χ0n) is 19.7. The molecule has 5 nitrogen and oxygen atoms in total. The number of hydrogen-bond acceptors (Lipinski definition) is 2. The summed E-state index contributed by atoms with van der Waals surface area (Å²) in [6.45, 7) is 0.346. The second kappa shape index (κ2) is 9.56. The number of rotatable bonds is 5. The maximum atomic E-state index is 14.3. The number of benzene rings is 4. The molecule has 6 rings (SSSR count). The Morgan fingerprint density at radius 2 is 1.46 bits per heavy atom. The highest BCUT2D eigenvalue weighted by atomic mass is 79.9. The Morgan fingerprint density at radius 3 is 2.19 bits per heavy atom. The average molecular weight is 548 g/mol. The molecule has 0 saturated heterocycles. The zero-order chi connectivity index (χ0) is 25.4. The van der Waals surface area contributed by atoms with Gasteiger partial charge in [0.15, 0.2) is 0 Å². The van der Waals surface area contributed by atoms with E-state index in [-0.39, 0.29) is 11.5 Å². The van der Waals surface area contributed by atoms with Crippen molar-refractivity contribution in [1.29, 1.82) is 0 Å². The normalized spacial score (nSPS) is 11.2. The van der Waals surface area contributed by atoms with E-state index in [2.05, 4.69) is 26.2 Å². The number of nitrogens with one attached hydrogen (secondary N) is 2. The van der Waals surface area contributed by atoms with Crippen molar-refractivity contribution in [3.05, 3.63) is 135 Å². The summed E-state index contributed by atoms with van der Waals surface area (Å²) in [7, 11) is 0. The predicted molar refractivity (Wildman–Crippen MR) is 152 cm³/mol. The van der Waals surface area contributed by atoms with Gasteiger partial charge in [0.2, 0.25) is 0 Å². The fourth-order valence-corrected chi connectivity index (χ4v) is 5.06. The molecule has 6 heteroatoms. The highest BCUT2D eigenvalue weighted by Crippen LogP contribution is 2.34. The van der Waals surface area contributed by atoms with Gasteiger partial charge in [-0.3, -0.25) is 14.2 Å². The predicted octanol–water partition coefficient (Wildman–Crippen LogP) is 6.83. The van der Waals surface area contributed by atoms with Gasteiger partial charge in [-0.2, -0.15) is 0 Å². The Balaban J connectivity index is 1.69. The molecule has 0 saturated carbocycles. The lowest BCUT2D eigenvalue weighted by molar-refractivity contribution is 0.0945. The Hall–Kier alpha value is -4.42. The number of H-pyrrole nitrogens is 1. The minimum absolute atomic E-state index is 0.266. The Bertz CT molecular complexity index is 1810. The largest absolute Gasteiger partial charge is 0.354 e. The molecule has 0 fully saturated rings. The van der Waals surface area contributed by atoms with Crippen LogP contribution in [0.4, 0.5) is 0 Å². The third-order valence-corrected chi connectivity index (χ3v) is 7.02. The standard InChI is InChI=1S/C31H22BrN3O2/c32-22-15-17-23(18-16-22)35-29(30(36)33-19-20-9-3-1-4-10-20)27-24-13-7-8-14-25(24)34-28(27)26(31(35)37)21-11-5-2-6-12-21/h1-18,34H,19H2,(H,33,36). The van der Waals surface area contributed by atoms with Crippen molar-refractivity contribution in [2.24, 2.45) is 0 Å². The van der Waals surface area contributed by atoms with Gasteiger partial charge < -0.3 is 10.3 Å². The lowest BCUT2D eigenvalue weighted by Gasteiger charge is -2.17. The number of nitrogens with zero attached hydrogens (tertiary/aromatic N) is 1. The summed E-state index contributed by atoms with van der Waals surface area (Å²) >= 11 is 3.48. The van der Waals surface area contributed by atoms with E-state index < -0.39 is 0 Å². The molecule has 6 aromatic rings. The van der Waals surface area contributed by atoms with Crippen LogP contribution in [0.3, 0.4) is 0 Å². The van der Waals surface area contributed by atoms with E-state index in [9.17, 15) is 9.59 Å². The van der Waals surface area contributed by atoms with E-state index in [0.717, 1.165) is 26.5 Å². The Labute approximate surface area is 221 Å². The van der Waals surface area contributed by atoms with Crippen LogP contribution in [-0.4, -0.2) is 15.5 Å². The van der Waals surface area contributed by atoms with Crippen molar-refractivity contribution in [3.8, 4) is 16.8 Å². The lowest BCUT2D eigenvalue weighted by atomic mass is 10.0. The van der Waals surface area contributed by atoms with Crippen molar-refractivity contribution in [2.75, 3.05) is 0 Å². The smallest absolute Gasteiger partial charge is 0.269 e. The number of carbonyl (C=O) groups is 1. The van der Waals surface area contributed by atoms with Gasteiger partial charge in [-0.25, -0.2) is 0 Å². The highest BCUT2D eigenvalue weighted by molar-refractivity contribution is 9.10. The number of para-hydroxylation sites is 1. The first-order valence-electron chi connectivity index (χ1n) is 11.9. The second-order valence-corrected chi connectivity index (χ2v) is 9.71. The van der Waals surface area contributed by atoms with Crippen LogP contribution in [0.2, 0.25) is 0 Å². The van der Waals surface area contributed by atoms with E-state index in [1.54, 1.807) is 0 Å². The number of aromatic amines is 1. The molecule has 1 amide bonds. The number of fused-ring (bicyclic) bond motifs is 3. The number of hydrogen-bond donors (Lipinski definition) is 2. The number of pyridine rings is 1. The van der Waals surface area contributed by atoms with Crippen LogP contribution in [0.25, 0.3) is 38.6 Å². The van der Waals surface area contributed by atoms with Crippen molar-refractivity contribution in [1.82, 2.24) is 14.9 Å². The third-order valence-electron chi connectivity index (χ3n) is 6.49. The topological polar surface area (TPSA) is 66.9 Å². The summed E-state index contributed by atoms with van der Waals surface area (Å²) in [4.78, 5) is 31.7. The van der Waals surface area contributed by atoms with Gasteiger partial charge in [0.05, 0.1) is 11.1 Å². The third kappa shape index (κ3) is 4.15. The number of carbonyl (C=O) groups excluding carboxylic acids is 1. The fraction of sp³-hybridized carbons (Fsp3) is 0.0323. The first-order valence-corrected chi connectivity index (χ1v) is 12.7. The molecule has 0 aliphatic carbocycles. The molecule has 37 heavy (non-hydrogen) atoms. The minimum atomic E-state index is -0.321. The molecular formula is C31H22BrN3O2. The molecule has 0 aliphatic rings. The second-order valence-electron chi connectivity index (χ2n) is 8.80. The van der Waals surface area contributed by atoms with Crippen molar-refractivity contribution >= 4 is 43.6 Å². The summed E-state index contributed by atoms with van der Waals surface area (Å²) in [6.07, 6.45) is 0. The van der Waals surface area contributed by atoms with E-state index in [1.807, 2.05) is 109 Å². The van der Waals surface area contributed by atoms with Gasteiger partial charge in [-0.05, 0) is 41.5 Å². The van der Waals surface area contributed by atoms with E-state index >= 15 is 0 Å². The van der Waals surface area contributed by atoms with Gasteiger partial charge in [0, 0.05) is 33.0 Å². The molecule has 0 spiro atoms.